The average molecular weight is 428 g/mol. The first-order valence-corrected chi connectivity index (χ1v) is 10.2. The van der Waals surface area contributed by atoms with Crippen LogP contribution in [0.5, 0.6) is 5.75 Å². The number of benzene rings is 3. The van der Waals surface area contributed by atoms with Gasteiger partial charge >= 0.3 is 5.97 Å². The average Bonchev–Trinajstić information content (AvgIpc) is 3.20. The van der Waals surface area contributed by atoms with E-state index in [1.807, 2.05) is 42.5 Å². The summed E-state index contributed by atoms with van der Waals surface area (Å²) in [4.78, 5) is 24.5. The van der Waals surface area contributed by atoms with E-state index in [9.17, 15) is 14.7 Å². The number of esters is 1. The van der Waals surface area contributed by atoms with Gasteiger partial charge in [-0.05, 0) is 30.3 Å². The van der Waals surface area contributed by atoms with Gasteiger partial charge < -0.3 is 14.6 Å². The topological polar surface area (TPSA) is 90.7 Å². The normalized spacial score (nSPS) is 13.0. The Kier molecular flexibility index (Phi) is 4.95. The van der Waals surface area contributed by atoms with E-state index in [-0.39, 0.29) is 18.9 Å². The van der Waals surface area contributed by atoms with E-state index in [1.165, 1.54) is 7.11 Å². The fourth-order valence-electron chi connectivity index (χ4n) is 4.03. The molecule has 0 spiro atoms. The standard InChI is InChI=1S/C25H20N2O5/c1-31-25(30)15-9-11-17(12-10-15)32-14-16(28)13-27-21-8-4-7-20-22(21)23(26-27)18-5-2-3-6-19(18)24(20)29/h2-12,16,28H,13-14H2,1H3. The first-order chi connectivity index (χ1) is 15.6. The number of carbonyl (C=O) groups excluding carboxylic acids is 2. The van der Waals surface area contributed by atoms with Crippen molar-refractivity contribution in [2.45, 2.75) is 12.6 Å². The number of ketones is 1. The Morgan fingerprint density at radius 3 is 2.47 bits per heavy atom. The molecule has 0 radical (unpaired) electrons. The minimum absolute atomic E-state index is 0.0162. The molecule has 0 saturated heterocycles. The fourth-order valence-corrected chi connectivity index (χ4v) is 4.03. The minimum atomic E-state index is -0.832. The second-order valence-corrected chi connectivity index (χ2v) is 7.59. The molecule has 1 N–H and O–H groups in total. The number of ether oxygens (including phenoxy) is 2. The molecule has 1 aliphatic carbocycles. The van der Waals surface area contributed by atoms with Crippen molar-refractivity contribution >= 4 is 22.7 Å². The van der Waals surface area contributed by atoms with E-state index in [2.05, 4.69) is 4.74 Å². The Morgan fingerprint density at radius 1 is 1.00 bits per heavy atom. The predicted octanol–water partition coefficient (Wildman–Crippen LogP) is 3.47. The van der Waals surface area contributed by atoms with Crippen molar-refractivity contribution in [1.82, 2.24) is 9.78 Å². The summed E-state index contributed by atoms with van der Waals surface area (Å²) >= 11 is 0. The molecule has 1 aromatic heterocycles. The molecule has 160 valence electrons. The van der Waals surface area contributed by atoms with Gasteiger partial charge in [0.15, 0.2) is 5.78 Å². The molecule has 0 aliphatic heterocycles. The number of nitrogens with zero attached hydrogens (tertiary/aromatic N) is 2. The Labute approximate surface area is 183 Å². The number of aliphatic hydroxyl groups is 1. The summed E-state index contributed by atoms with van der Waals surface area (Å²) in [5.41, 5.74) is 4.03. The van der Waals surface area contributed by atoms with Gasteiger partial charge in [0.05, 0.1) is 24.7 Å². The van der Waals surface area contributed by atoms with Gasteiger partial charge in [0.2, 0.25) is 0 Å². The van der Waals surface area contributed by atoms with Gasteiger partial charge in [0.1, 0.15) is 24.2 Å². The summed E-state index contributed by atoms with van der Waals surface area (Å²) in [6.07, 6.45) is -0.832. The maximum Gasteiger partial charge on any atom is 0.337 e. The molecule has 1 unspecified atom stereocenters. The number of hydrogen-bond acceptors (Lipinski definition) is 6. The van der Waals surface area contributed by atoms with Gasteiger partial charge in [-0.2, -0.15) is 5.10 Å². The lowest BCUT2D eigenvalue weighted by atomic mass is 9.87. The van der Waals surface area contributed by atoms with Crippen molar-refractivity contribution in [3.05, 3.63) is 83.4 Å². The fraction of sp³-hybridized carbons (Fsp3) is 0.160. The van der Waals surface area contributed by atoms with Crippen LogP contribution in [0.25, 0.3) is 22.2 Å². The van der Waals surface area contributed by atoms with E-state index in [0.29, 0.717) is 22.4 Å². The summed E-state index contributed by atoms with van der Waals surface area (Å²) in [7, 11) is 1.33. The molecule has 0 amide bonds. The quantitative estimate of drug-likeness (QED) is 0.417. The molecule has 1 atom stereocenters. The zero-order valence-electron chi connectivity index (χ0n) is 17.3. The van der Waals surface area contributed by atoms with E-state index in [0.717, 1.165) is 22.2 Å². The molecule has 7 heteroatoms. The predicted molar refractivity (Wildman–Crippen MR) is 118 cm³/mol. The maximum absolute atomic E-state index is 12.9. The molecule has 0 fully saturated rings. The molecular formula is C25H20N2O5. The van der Waals surface area contributed by atoms with Crippen LogP contribution in [0.4, 0.5) is 0 Å². The highest BCUT2D eigenvalue weighted by atomic mass is 16.5. The number of aliphatic hydroxyl groups excluding tert-OH is 1. The third kappa shape index (κ3) is 3.33. The highest BCUT2D eigenvalue weighted by molar-refractivity contribution is 6.25. The molecule has 7 nitrogen and oxygen atoms in total. The van der Waals surface area contributed by atoms with Crippen LogP contribution in [0.3, 0.4) is 0 Å². The van der Waals surface area contributed by atoms with E-state index in [1.54, 1.807) is 28.9 Å². The van der Waals surface area contributed by atoms with Gasteiger partial charge in [0, 0.05) is 22.1 Å². The summed E-state index contributed by atoms with van der Waals surface area (Å²) in [6.45, 7) is 0.250. The molecule has 5 rings (SSSR count). The lowest BCUT2D eigenvalue weighted by Crippen LogP contribution is -2.24. The molecule has 32 heavy (non-hydrogen) atoms. The lowest BCUT2D eigenvalue weighted by Gasteiger charge is -2.14. The first-order valence-electron chi connectivity index (χ1n) is 10.2. The van der Waals surface area contributed by atoms with Gasteiger partial charge in [-0.3, -0.25) is 9.48 Å². The van der Waals surface area contributed by atoms with Crippen LogP contribution in [-0.2, 0) is 11.3 Å². The van der Waals surface area contributed by atoms with Crippen molar-refractivity contribution in [3.8, 4) is 17.0 Å². The second-order valence-electron chi connectivity index (χ2n) is 7.59. The Bertz CT molecular complexity index is 1340. The van der Waals surface area contributed by atoms with Crippen molar-refractivity contribution in [2.24, 2.45) is 0 Å². The smallest absolute Gasteiger partial charge is 0.337 e. The summed E-state index contributed by atoms with van der Waals surface area (Å²) in [5.74, 6) is 0.0923. The van der Waals surface area contributed by atoms with Crippen LogP contribution in [0.2, 0.25) is 0 Å². The molecule has 1 heterocycles. The van der Waals surface area contributed by atoms with Gasteiger partial charge in [-0.1, -0.05) is 36.4 Å². The summed E-state index contributed by atoms with van der Waals surface area (Å²) < 4.78 is 12.1. The molecule has 3 aromatic carbocycles. The van der Waals surface area contributed by atoms with Gasteiger partial charge in [0.25, 0.3) is 0 Å². The third-order valence-corrected chi connectivity index (χ3v) is 5.55. The van der Waals surface area contributed by atoms with Crippen LogP contribution in [0, 0.1) is 0 Å². The number of carbonyl (C=O) groups is 2. The highest BCUT2D eigenvalue weighted by Crippen LogP contribution is 2.38. The number of fused-ring (bicyclic) bond motifs is 2. The van der Waals surface area contributed by atoms with Crippen LogP contribution >= 0.6 is 0 Å². The third-order valence-electron chi connectivity index (χ3n) is 5.55. The van der Waals surface area contributed by atoms with Crippen LogP contribution in [0.15, 0.2) is 66.7 Å². The molecule has 0 bridgehead atoms. The first kappa shape index (κ1) is 20.0. The van der Waals surface area contributed by atoms with Crippen molar-refractivity contribution < 1.29 is 24.2 Å². The van der Waals surface area contributed by atoms with Gasteiger partial charge in [-0.25, -0.2) is 4.79 Å². The van der Waals surface area contributed by atoms with Crippen molar-refractivity contribution in [3.63, 3.8) is 0 Å². The maximum atomic E-state index is 12.9. The summed E-state index contributed by atoms with van der Waals surface area (Å²) in [6, 6.07) is 19.5. The van der Waals surface area contributed by atoms with Crippen LogP contribution in [0.1, 0.15) is 26.3 Å². The Morgan fingerprint density at radius 2 is 1.72 bits per heavy atom. The Balaban J connectivity index is 1.37. The van der Waals surface area contributed by atoms with Crippen LogP contribution in [-0.4, -0.2) is 46.5 Å². The van der Waals surface area contributed by atoms with Crippen LogP contribution < -0.4 is 4.74 Å². The van der Waals surface area contributed by atoms with E-state index >= 15 is 0 Å². The second kappa shape index (κ2) is 7.94. The molecule has 1 aliphatic rings. The number of hydrogen-bond donors (Lipinski definition) is 1. The van der Waals surface area contributed by atoms with E-state index < -0.39 is 12.1 Å². The number of methoxy groups -OCH3 is 1. The highest BCUT2D eigenvalue weighted by Gasteiger charge is 2.28. The van der Waals surface area contributed by atoms with Gasteiger partial charge in [-0.15, -0.1) is 0 Å². The monoisotopic (exact) mass is 428 g/mol. The number of aromatic nitrogens is 2. The van der Waals surface area contributed by atoms with Crippen molar-refractivity contribution in [1.29, 1.82) is 0 Å². The zero-order valence-corrected chi connectivity index (χ0v) is 17.3. The van der Waals surface area contributed by atoms with E-state index in [4.69, 9.17) is 9.84 Å². The zero-order chi connectivity index (χ0) is 22.2. The Hall–Kier alpha value is -3.97. The largest absolute Gasteiger partial charge is 0.491 e. The number of rotatable bonds is 6. The minimum Gasteiger partial charge on any atom is -0.491 e. The SMILES string of the molecule is COC(=O)c1ccc(OCC(O)Cn2nc3c4c(cccc42)C(=O)c2ccccc2-3)cc1. The summed E-state index contributed by atoms with van der Waals surface area (Å²) in [5, 5.41) is 16.1. The lowest BCUT2D eigenvalue weighted by molar-refractivity contribution is 0.0600. The van der Waals surface area contributed by atoms with Crippen molar-refractivity contribution in [2.75, 3.05) is 13.7 Å². The molecule has 4 aromatic rings. The molecular weight excluding hydrogens is 408 g/mol. The molecule has 0 saturated carbocycles.